The van der Waals surface area contributed by atoms with Crippen LogP contribution < -0.4 is 4.72 Å². The summed E-state index contributed by atoms with van der Waals surface area (Å²) in [4.78, 5) is 24.2. The van der Waals surface area contributed by atoms with Gasteiger partial charge in [-0.05, 0) is 24.5 Å². The number of para-hydroxylation sites is 1. The first-order valence-corrected chi connectivity index (χ1v) is 11.3. The van der Waals surface area contributed by atoms with Crippen molar-refractivity contribution in [1.82, 2.24) is 9.29 Å². The molecule has 0 bridgehead atoms. The second kappa shape index (κ2) is 8.76. The second-order valence-electron chi connectivity index (χ2n) is 7.21. The summed E-state index contributed by atoms with van der Waals surface area (Å²) in [5.41, 5.74) is 2.63. The number of nitro benzene ring substituents is 1. The van der Waals surface area contributed by atoms with Gasteiger partial charge < -0.3 is 4.57 Å². The third-order valence-corrected chi connectivity index (χ3v) is 5.65. The Kier molecular flexibility index (Phi) is 6.33. The van der Waals surface area contributed by atoms with Crippen molar-refractivity contribution in [3.05, 3.63) is 75.5 Å². The molecule has 0 spiro atoms. The Bertz CT molecular complexity index is 1210. The number of nitrogens with zero attached hydrogens (tertiary/aromatic N) is 2. The van der Waals surface area contributed by atoms with Gasteiger partial charge in [-0.1, -0.05) is 36.4 Å². The molecule has 0 aliphatic rings. The molecule has 0 atom stereocenters. The van der Waals surface area contributed by atoms with E-state index in [1.54, 1.807) is 22.9 Å². The van der Waals surface area contributed by atoms with Gasteiger partial charge in [0, 0.05) is 42.7 Å². The number of fused-ring (bicyclic) bond motifs is 1. The van der Waals surface area contributed by atoms with E-state index in [-0.39, 0.29) is 24.4 Å². The number of benzene rings is 2. The minimum Gasteiger partial charge on any atom is -0.341 e. The third kappa shape index (κ3) is 4.92. The first-order valence-electron chi connectivity index (χ1n) is 9.46. The number of aromatic nitrogens is 1. The lowest BCUT2D eigenvalue weighted by Gasteiger charge is -2.06. The maximum Gasteiger partial charge on any atom is 0.293 e. The van der Waals surface area contributed by atoms with Crippen LogP contribution in [0.5, 0.6) is 0 Å². The zero-order chi connectivity index (χ0) is 21.9. The molecular weight excluding hydrogens is 406 g/mol. The number of hydrogen-bond donors (Lipinski definition) is 1. The Morgan fingerprint density at radius 3 is 2.57 bits per heavy atom. The Labute approximate surface area is 174 Å². The topological polar surface area (TPSA) is 111 Å². The van der Waals surface area contributed by atoms with Crippen molar-refractivity contribution in [2.75, 3.05) is 12.8 Å². The zero-order valence-electron chi connectivity index (χ0n) is 16.8. The smallest absolute Gasteiger partial charge is 0.293 e. The summed E-state index contributed by atoms with van der Waals surface area (Å²) >= 11 is 0. The molecule has 3 rings (SSSR count). The van der Waals surface area contributed by atoms with Gasteiger partial charge in [0.1, 0.15) is 5.52 Å². The Balaban J connectivity index is 1.96. The number of nitrogens with one attached hydrogen (secondary N) is 1. The Morgan fingerprint density at radius 2 is 1.90 bits per heavy atom. The van der Waals surface area contributed by atoms with Gasteiger partial charge in [-0.2, -0.15) is 0 Å². The lowest BCUT2D eigenvalue weighted by Crippen LogP contribution is -2.23. The van der Waals surface area contributed by atoms with Gasteiger partial charge in [0.25, 0.3) is 5.69 Å². The second-order valence-corrected chi connectivity index (χ2v) is 9.05. The van der Waals surface area contributed by atoms with Crippen molar-refractivity contribution in [2.24, 2.45) is 0 Å². The molecule has 0 radical (unpaired) electrons. The summed E-state index contributed by atoms with van der Waals surface area (Å²) in [6, 6.07) is 12.3. The van der Waals surface area contributed by atoms with Crippen molar-refractivity contribution in [1.29, 1.82) is 0 Å². The van der Waals surface area contributed by atoms with E-state index in [9.17, 15) is 23.3 Å². The molecule has 0 fully saturated rings. The van der Waals surface area contributed by atoms with Crippen molar-refractivity contribution in [2.45, 2.75) is 26.3 Å². The van der Waals surface area contributed by atoms with Crippen LogP contribution >= 0.6 is 0 Å². The molecule has 0 saturated heterocycles. The van der Waals surface area contributed by atoms with Crippen molar-refractivity contribution >= 4 is 32.4 Å². The van der Waals surface area contributed by atoms with Crippen LogP contribution in [-0.2, 0) is 23.0 Å². The molecule has 2 aromatic carbocycles. The SMILES string of the molecule is Cc1ccccc1CC(=O)c1cn(CCCNS(C)(=O)=O)c2c([N+](=O)[O-])cccc12. The lowest BCUT2D eigenvalue weighted by molar-refractivity contribution is -0.383. The molecule has 9 heteroatoms. The molecule has 8 nitrogen and oxygen atoms in total. The molecule has 0 saturated carbocycles. The first-order chi connectivity index (χ1) is 14.2. The maximum atomic E-state index is 13.1. The predicted octanol–water partition coefficient (Wildman–Crippen LogP) is 3.22. The molecule has 0 unspecified atom stereocenters. The molecule has 0 amide bonds. The molecule has 0 aliphatic heterocycles. The highest BCUT2D eigenvalue weighted by molar-refractivity contribution is 7.88. The molecule has 0 aliphatic carbocycles. The molecule has 1 N–H and O–H groups in total. The number of sulfonamides is 1. The number of non-ortho nitro benzene ring substituents is 1. The van der Waals surface area contributed by atoms with E-state index in [4.69, 9.17) is 0 Å². The number of carbonyl (C=O) groups is 1. The predicted molar refractivity (Wildman–Crippen MR) is 115 cm³/mol. The molecule has 3 aromatic rings. The van der Waals surface area contributed by atoms with E-state index in [2.05, 4.69) is 4.72 Å². The van der Waals surface area contributed by atoms with Crippen LogP contribution in [0.25, 0.3) is 10.9 Å². The standard InChI is InChI=1S/C21H23N3O5S/c1-15-7-3-4-8-16(15)13-20(25)18-14-23(12-6-11-22-30(2,28)29)21-17(18)9-5-10-19(21)24(26)27/h3-5,7-10,14,22H,6,11-13H2,1-2H3. The average molecular weight is 429 g/mol. The summed E-state index contributed by atoms with van der Waals surface area (Å²) in [5, 5.41) is 12.1. The largest absolute Gasteiger partial charge is 0.341 e. The van der Waals surface area contributed by atoms with Crippen LogP contribution in [0, 0.1) is 17.0 Å². The highest BCUT2D eigenvalue weighted by Crippen LogP contribution is 2.31. The summed E-state index contributed by atoms with van der Waals surface area (Å²) in [5.74, 6) is -0.122. The maximum absolute atomic E-state index is 13.1. The van der Waals surface area contributed by atoms with E-state index in [1.165, 1.54) is 6.07 Å². The Hall–Kier alpha value is -3.04. The number of hydrogen-bond acceptors (Lipinski definition) is 5. The van der Waals surface area contributed by atoms with Gasteiger partial charge in [-0.3, -0.25) is 14.9 Å². The minimum atomic E-state index is -3.31. The summed E-state index contributed by atoms with van der Waals surface area (Å²) in [7, 11) is -3.31. The normalized spacial score (nSPS) is 11.7. The average Bonchev–Trinajstić information content (AvgIpc) is 3.05. The summed E-state index contributed by atoms with van der Waals surface area (Å²) < 4.78 is 26.6. The van der Waals surface area contributed by atoms with Crippen LogP contribution in [0.15, 0.2) is 48.7 Å². The van der Waals surface area contributed by atoms with E-state index in [0.717, 1.165) is 17.4 Å². The quantitative estimate of drug-likeness (QED) is 0.243. The van der Waals surface area contributed by atoms with Gasteiger partial charge in [-0.25, -0.2) is 13.1 Å². The van der Waals surface area contributed by atoms with E-state index in [0.29, 0.717) is 29.4 Å². The molecule has 30 heavy (non-hydrogen) atoms. The first kappa shape index (κ1) is 21.7. The van der Waals surface area contributed by atoms with Gasteiger partial charge >= 0.3 is 0 Å². The monoisotopic (exact) mass is 429 g/mol. The Morgan fingerprint density at radius 1 is 1.17 bits per heavy atom. The fourth-order valence-corrected chi connectivity index (χ4v) is 3.99. The van der Waals surface area contributed by atoms with E-state index < -0.39 is 14.9 Å². The summed E-state index contributed by atoms with van der Waals surface area (Å²) in [6.45, 7) is 2.47. The fraction of sp³-hybridized carbons (Fsp3) is 0.286. The van der Waals surface area contributed by atoms with Crippen LogP contribution in [0.2, 0.25) is 0 Å². The van der Waals surface area contributed by atoms with Crippen molar-refractivity contribution in [3.8, 4) is 0 Å². The number of ketones is 1. The molecule has 158 valence electrons. The van der Waals surface area contributed by atoms with Crippen LogP contribution in [0.4, 0.5) is 5.69 Å². The summed E-state index contributed by atoms with van der Waals surface area (Å²) in [6.07, 6.45) is 3.34. The van der Waals surface area contributed by atoms with Gasteiger partial charge in [0.2, 0.25) is 10.0 Å². The lowest BCUT2D eigenvalue weighted by atomic mass is 9.99. The van der Waals surface area contributed by atoms with Crippen LogP contribution in [-0.4, -0.2) is 36.5 Å². The zero-order valence-corrected chi connectivity index (χ0v) is 17.6. The van der Waals surface area contributed by atoms with Gasteiger partial charge in [0.15, 0.2) is 5.78 Å². The third-order valence-electron chi connectivity index (χ3n) is 4.93. The number of aryl methyl sites for hydroxylation is 2. The number of Topliss-reactive ketones (excluding diaryl/α,β-unsaturated/α-hetero) is 1. The minimum absolute atomic E-state index is 0.0847. The van der Waals surface area contributed by atoms with Gasteiger partial charge in [0.05, 0.1) is 11.2 Å². The van der Waals surface area contributed by atoms with E-state index in [1.807, 2.05) is 31.2 Å². The molecular formula is C21H23N3O5S. The van der Waals surface area contributed by atoms with E-state index >= 15 is 0 Å². The highest BCUT2D eigenvalue weighted by Gasteiger charge is 2.22. The highest BCUT2D eigenvalue weighted by atomic mass is 32.2. The molecule has 1 aromatic heterocycles. The number of rotatable bonds is 9. The van der Waals surface area contributed by atoms with Crippen LogP contribution in [0.1, 0.15) is 27.9 Å². The van der Waals surface area contributed by atoms with Crippen LogP contribution in [0.3, 0.4) is 0 Å². The fourth-order valence-electron chi connectivity index (χ4n) is 3.47. The molecule has 1 heterocycles. The van der Waals surface area contributed by atoms with Crippen molar-refractivity contribution < 1.29 is 18.1 Å². The number of nitro groups is 1. The number of carbonyl (C=O) groups excluding carboxylic acids is 1. The van der Waals surface area contributed by atoms with Gasteiger partial charge in [-0.15, -0.1) is 0 Å². The van der Waals surface area contributed by atoms with Crippen molar-refractivity contribution in [3.63, 3.8) is 0 Å².